The van der Waals surface area contributed by atoms with Crippen molar-refractivity contribution in [2.45, 2.75) is 4.90 Å². The molecule has 9 nitrogen and oxygen atoms in total. The molecule has 0 fully saturated rings. The largest absolute Gasteiger partial charge is 0.308 e. The first-order valence-electron chi connectivity index (χ1n) is 8.88. The summed E-state index contributed by atoms with van der Waals surface area (Å²) in [7, 11) is 0.255. The number of hydrogen-bond acceptors (Lipinski definition) is 8. The van der Waals surface area contributed by atoms with E-state index in [1.54, 1.807) is 12.1 Å². The van der Waals surface area contributed by atoms with Crippen molar-refractivity contribution in [2.24, 2.45) is 0 Å². The zero-order chi connectivity index (χ0) is 22.1. The number of carbonyl (C=O) groups is 1. The number of halogens is 1. The summed E-state index contributed by atoms with van der Waals surface area (Å²) < 4.78 is 24.9. The average molecular weight is 485 g/mol. The molecular formula is C19H21ClN4O5S2. The van der Waals surface area contributed by atoms with E-state index in [4.69, 9.17) is 0 Å². The summed E-state index contributed by atoms with van der Waals surface area (Å²) in [5.74, 6) is -0.369. The van der Waals surface area contributed by atoms with Gasteiger partial charge in [-0.3, -0.25) is 19.8 Å². The first-order valence-corrected chi connectivity index (χ1v) is 11.6. The second-order valence-electron chi connectivity index (χ2n) is 6.94. The van der Waals surface area contributed by atoms with Gasteiger partial charge in [-0.25, -0.2) is 13.4 Å². The van der Waals surface area contributed by atoms with Crippen LogP contribution in [0.15, 0.2) is 47.4 Å². The number of anilines is 1. The van der Waals surface area contributed by atoms with Crippen LogP contribution in [0.25, 0.3) is 10.2 Å². The Hall–Kier alpha value is -2.60. The van der Waals surface area contributed by atoms with Crippen molar-refractivity contribution in [3.63, 3.8) is 0 Å². The molecular weight excluding hydrogens is 464 g/mol. The molecule has 12 heteroatoms. The van der Waals surface area contributed by atoms with E-state index in [0.29, 0.717) is 28.4 Å². The van der Waals surface area contributed by atoms with Crippen LogP contribution >= 0.6 is 23.7 Å². The van der Waals surface area contributed by atoms with Gasteiger partial charge in [0, 0.05) is 37.0 Å². The summed E-state index contributed by atoms with van der Waals surface area (Å²) >= 11 is 1.22. The maximum atomic E-state index is 13.2. The first-order chi connectivity index (χ1) is 14.1. The Kier molecular flexibility index (Phi) is 7.71. The highest BCUT2D eigenvalue weighted by Gasteiger charge is 2.24. The molecule has 0 saturated heterocycles. The van der Waals surface area contributed by atoms with Crippen LogP contribution in [0.2, 0.25) is 0 Å². The summed E-state index contributed by atoms with van der Waals surface area (Å²) in [6, 6.07) is 10.2. The molecule has 1 amide bonds. The summed E-state index contributed by atoms with van der Waals surface area (Å²) in [4.78, 5) is 31.5. The number of sulfone groups is 1. The van der Waals surface area contributed by atoms with Crippen LogP contribution in [-0.2, 0) is 9.84 Å². The fourth-order valence-electron chi connectivity index (χ4n) is 2.79. The molecule has 1 aromatic heterocycles. The lowest BCUT2D eigenvalue weighted by atomic mass is 10.2. The third-order valence-corrected chi connectivity index (χ3v) is 6.51. The number of rotatable bonds is 7. The second kappa shape index (κ2) is 9.69. The van der Waals surface area contributed by atoms with Gasteiger partial charge in [-0.1, -0.05) is 17.4 Å². The van der Waals surface area contributed by atoms with E-state index >= 15 is 0 Å². The lowest BCUT2D eigenvalue weighted by Gasteiger charge is -2.22. The van der Waals surface area contributed by atoms with Crippen molar-refractivity contribution in [2.75, 3.05) is 38.3 Å². The van der Waals surface area contributed by atoms with E-state index in [2.05, 4.69) is 4.98 Å². The third kappa shape index (κ3) is 5.56. The SMILES string of the molecule is CN(C)CCN(C(=O)c1ccc([N+](=O)[O-])cc1)c1nc2c(S(C)(=O)=O)cccc2s1.Cl. The summed E-state index contributed by atoms with van der Waals surface area (Å²) in [6.07, 6.45) is 1.12. The molecule has 0 unspecified atom stereocenters. The number of thiazole rings is 1. The van der Waals surface area contributed by atoms with Crippen molar-refractivity contribution in [3.05, 3.63) is 58.1 Å². The lowest BCUT2D eigenvalue weighted by molar-refractivity contribution is -0.384. The van der Waals surface area contributed by atoms with Crippen molar-refractivity contribution < 1.29 is 18.1 Å². The number of nitrogens with zero attached hydrogens (tertiary/aromatic N) is 4. The van der Waals surface area contributed by atoms with Crippen LogP contribution in [0.5, 0.6) is 0 Å². The van der Waals surface area contributed by atoms with Gasteiger partial charge in [0.25, 0.3) is 11.6 Å². The number of carbonyl (C=O) groups excluding carboxylic acids is 1. The molecule has 0 aliphatic heterocycles. The average Bonchev–Trinajstić information content (AvgIpc) is 3.10. The number of para-hydroxylation sites is 1. The van der Waals surface area contributed by atoms with Gasteiger partial charge in [0.1, 0.15) is 5.52 Å². The number of benzene rings is 2. The monoisotopic (exact) mass is 484 g/mol. The molecule has 3 rings (SSSR count). The Balaban J connectivity index is 0.00000341. The molecule has 2 aromatic carbocycles. The zero-order valence-corrected chi connectivity index (χ0v) is 19.5. The molecule has 0 aliphatic carbocycles. The van der Waals surface area contributed by atoms with Gasteiger partial charge in [0.05, 0.1) is 14.5 Å². The quantitative estimate of drug-likeness (QED) is 0.373. The van der Waals surface area contributed by atoms with Gasteiger partial charge >= 0.3 is 0 Å². The zero-order valence-electron chi connectivity index (χ0n) is 17.0. The third-order valence-electron chi connectivity index (χ3n) is 4.34. The van der Waals surface area contributed by atoms with Crippen molar-refractivity contribution in [3.8, 4) is 0 Å². The van der Waals surface area contributed by atoms with Crippen LogP contribution in [0.1, 0.15) is 10.4 Å². The number of non-ortho nitro benzene ring substituents is 1. The molecule has 0 aliphatic rings. The minimum Gasteiger partial charge on any atom is -0.308 e. The number of nitro groups is 1. The first kappa shape index (κ1) is 24.7. The molecule has 0 spiro atoms. The molecule has 166 valence electrons. The standard InChI is InChI=1S/C19H20N4O5S2.ClH/c1-21(2)11-12-22(18(24)13-7-9-14(10-8-13)23(25)26)19-20-17-15(29-19)5-4-6-16(17)30(3,27)28;/h4-10H,11-12H2,1-3H3;1H. The minimum absolute atomic E-state index is 0. The number of hydrogen-bond donors (Lipinski definition) is 0. The summed E-state index contributed by atoms with van der Waals surface area (Å²) in [6.45, 7) is 0.866. The van der Waals surface area contributed by atoms with Gasteiger partial charge in [0.2, 0.25) is 0 Å². The Labute approximate surface area is 189 Å². The van der Waals surface area contributed by atoms with Crippen LogP contribution in [0, 0.1) is 10.1 Å². The maximum absolute atomic E-state index is 13.2. The Morgan fingerprint density at radius 1 is 1.13 bits per heavy atom. The molecule has 3 aromatic rings. The van der Waals surface area contributed by atoms with E-state index in [1.807, 2.05) is 19.0 Å². The van der Waals surface area contributed by atoms with Gasteiger partial charge in [-0.2, -0.15) is 0 Å². The van der Waals surface area contributed by atoms with Gasteiger partial charge in [0.15, 0.2) is 15.0 Å². The fourth-order valence-corrected chi connectivity index (χ4v) is 4.71. The number of amides is 1. The summed E-state index contributed by atoms with van der Waals surface area (Å²) in [5.41, 5.74) is 0.498. The number of fused-ring (bicyclic) bond motifs is 1. The van der Waals surface area contributed by atoms with Gasteiger partial charge in [-0.15, -0.1) is 12.4 Å². The molecule has 0 radical (unpaired) electrons. The molecule has 1 heterocycles. The predicted molar refractivity (Wildman–Crippen MR) is 123 cm³/mol. The summed E-state index contributed by atoms with van der Waals surface area (Å²) in [5, 5.41) is 11.2. The van der Waals surface area contributed by atoms with Crippen molar-refractivity contribution >= 4 is 60.5 Å². The minimum atomic E-state index is -3.48. The smallest absolute Gasteiger partial charge is 0.269 e. The van der Waals surface area contributed by atoms with Crippen LogP contribution in [0.3, 0.4) is 0 Å². The van der Waals surface area contributed by atoms with E-state index in [0.717, 1.165) is 6.26 Å². The highest BCUT2D eigenvalue weighted by Crippen LogP contribution is 2.33. The van der Waals surface area contributed by atoms with E-state index in [1.165, 1.54) is 46.6 Å². The van der Waals surface area contributed by atoms with E-state index in [-0.39, 0.29) is 34.5 Å². The normalized spacial score (nSPS) is 11.4. The second-order valence-corrected chi connectivity index (χ2v) is 9.93. The van der Waals surface area contributed by atoms with E-state index < -0.39 is 14.8 Å². The van der Waals surface area contributed by atoms with Crippen LogP contribution in [0.4, 0.5) is 10.8 Å². The maximum Gasteiger partial charge on any atom is 0.269 e. The Morgan fingerprint density at radius 3 is 2.32 bits per heavy atom. The topological polar surface area (TPSA) is 114 Å². The van der Waals surface area contributed by atoms with Crippen LogP contribution < -0.4 is 4.90 Å². The van der Waals surface area contributed by atoms with Crippen molar-refractivity contribution in [1.82, 2.24) is 9.88 Å². The number of aromatic nitrogens is 1. The number of likely N-dealkylation sites (N-methyl/N-ethyl adjacent to an activating group) is 1. The molecule has 0 bridgehead atoms. The Bertz CT molecular complexity index is 1210. The lowest BCUT2D eigenvalue weighted by Crippen LogP contribution is -2.36. The highest BCUT2D eigenvalue weighted by molar-refractivity contribution is 7.91. The van der Waals surface area contributed by atoms with Gasteiger partial charge in [-0.05, 0) is 38.4 Å². The predicted octanol–water partition coefficient (Wildman–Crippen LogP) is 3.24. The number of nitro benzene ring substituents is 1. The fraction of sp³-hybridized carbons (Fsp3) is 0.263. The molecule has 0 N–H and O–H groups in total. The molecule has 0 atom stereocenters. The Morgan fingerprint density at radius 2 is 1.77 bits per heavy atom. The van der Waals surface area contributed by atoms with E-state index in [9.17, 15) is 23.3 Å². The molecule has 0 saturated carbocycles. The van der Waals surface area contributed by atoms with Crippen molar-refractivity contribution in [1.29, 1.82) is 0 Å². The highest BCUT2D eigenvalue weighted by atomic mass is 35.5. The van der Waals surface area contributed by atoms with Gasteiger partial charge < -0.3 is 4.90 Å². The molecule has 31 heavy (non-hydrogen) atoms. The van der Waals surface area contributed by atoms with Crippen LogP contribution in [-0.4, -0.2) is 62.6 Å².